The summed E-state index contributed by atoms with van der Waals surface area (Å²) < 4.78 is 0. The normalized spacial score (nSPS) is 28.6. The third-order valence-electron chi connectivity index (χ3n) is 4.17. The zero-order valence-corrected chi connectivity index (χ0v) is 9.51. The van der Waals surface area contributed by atoms with Crippen molar-refractivity contribution in [3.8, 4) is 0 Å². The highest BCUT2D eigenvalue weighted by molar-refractivity contribution is 5.51. The Morgan fingerprint density at radius 3 is 1.59 bits per heavy atom. The second-order valence-electron chi connectivity index (χ2n) is 5.11. The van der Waals surface area contributed by atoms with Crippen LogP contribution in [0.3, 0.4) is 0 Å². The van der Waals surface area contributed by atoms with Gasteiger partial charge in [-0.2, -0.15) is 0 Å². The van der Waals surface area contributed by atoms with E-state index in [1.807, 2.05) is 12.1 Å². The summed E-state index contributed by atoms with van der Waals surface area (Å²) in [7, 11) is 0. The summed E-state index contributed by atoms with van der Waals surface area (Å²) in [6.07, 6.45) is 0.788. The highest BCUT2D eigenvalue weighted by Crippen LogP contribution is 2.59. The van der Waals surface area contributed by atoms with Gasteiger partial charge in [-0.15, -0.1) is 0 Å². The SMILES string of the molecule is OC1c2ccccc2[C@H]2C[C@H]2c2ccccc21. The maximum Gasteiger partial charge on any atom is 0.105 e. The molecule has 0 saturated heterocycles. The number of benzene rings is 2. The van der Waals surface area contributed by atoms with Crippen molar-refractivity contribution in [3.63, 3.8) is 0 Å². The molecule has 2 aliphatic rings. The molecule has 1 heteroatoms. The predicted octanol–water partition coefficient (Wildman–Crippen LogP) is 3.35. The summed E-state index contributed by atoms with van der Waals surface area (Å²) >= 11 is 0. The Bertz CT molecular complexity index is 536. The van der Waals surface area contributed by atoms with Crippen LogP contribution < -0.4 is 0 Å². The van der Waals surface area contributed by atoms with Gasteiger partial charge in [-0.25, -0.2) is 0 Å². The van der Waals surface area contributed by atoms with Crippen LogP contribution in [0.4, 0.5) is 0 Å². The molecule has 4 rings (SSSR count). The number of aliphatic hydroxyl groups excluding tert-OH is 1. The van der Waals surface area contributed by atoms with E-state index in [1.165, 1.54) is 17.5 Å². The lowest BCUT2D eigenvalue weighted by Crippen LogP contribution is -2.03. The first-order chi connectivity index (χ1) is 8.36. The standard InChI is InChI=1S/C16H14O/c17-16-12-7-3-1-5-10(12)14-9-15(14)11-6-2-4-8-13(11)16/h1-8,14-17H,9H2/t14-,15+,16?. The van der Waals surface area contributed by atoms with Crippen LogP contribution in [-0.2, 0) is 0 Å². The van der Waals surface area contributed by atoms with Crippen LogP contribution in [0.1, 0.15) is 46.6 Å². The molecule has 0 heterocycles. The fourth-order valence-corrected chi connectivity index (χ4v) is 3.25. The molecule has 0 bridgehead atoms. The summed E-state index contributed by atoms with van der Waals surface area (Å²) in [4.78, 5) is 0. The van der Waals surface area contributed by atoms with E-state index < -0.39 is 6.10 Å². The zero-order valence-electron chi connectivity index (χ0n) is 9.51. The summed E-state index contributed by atoms with van der Waals surface area (Å²) in [5.74, 6) is 1.26. The van der Waals surface area contributed by atoms with Crippen molar-refractivity contribution >= 4 is 0 Å². The maximum atomic E-state index is 10.5. The molecule has 0 amide bonds. The number of hydrogen-bond donors (Lipinski definition) is 1. The van der Waals surface area contributed by atoms with E-state index in [4.69, 9.17) is 0 Å². The molecule has 2 aromatic carbocycles. The van der Waals surface area contributed by atoms with E-state index in [9.17, 15) is 5.11 Å². The number of aliphatic hydroxyl groups is 1. The van der Waals surface area contributed by atoms with Crippen molar-refractivity contribution in [2.45, 2.75) is 24.4 Å². The van der Waals surface area contributed by atoms with Crippen LogP contribution in [0, 0.1) is 0 Å². The first kappa shape index (κ1) is 9.43. The number of hydrogen-bond acceptors (Lipinski definition) is 1. The molecule has 84 valence electrons. The van der Waals surface area contributed by atoms with E-state index >= 15 is 0 Å². The van der Waals surface area contributed by atoms with E-state index in [0.29, 0.717) is 11.8 Å². The minimum atomic E-state index is -0.449. The van der Waals surface area contributed by atoms with Gasteiger partial charge in [0, 0.05) is 0 Å². The molecule has 3 atom stereocenters. The lowest BCUT2D eigenvalue weighted by molar-refractivity contribution is 0.219. The molecule has 2 aromatic rings. The van der Waals surface area contributed by atoms with Crippen molar-refractivity contribution < 1.29 is 5.11 Å². The fourth-order valence-electron chi connectivity index (χ4n) is 3.25. The molecule has 0 spiro atoms. The Morgan fingerprint density at radius 1 is 0.706 bits per heavy atom. The smallest absolute Gasteiger partial charge is 0.105 e. The quantitative estimate of drug-likeness (QED) is 0.724. The molecular weight excluding hydrogens is 208 g/mol. The van der Waals surface area contributed by atoms with Gasteiger partial charge in [0.2, 0.25) is 0 Å². The third-order valence-corrected chi connectivity index (χ3v) is 4.17. The molecule has 1 N–H and O–H groups in total. The Kier molecular flexibility index (Phi) is 1.78. The van der Waals surface area contributed by atoms with Gasteiger partial charge in [0.1, 0.15) is 6.10 Å². The van der Waals surface area contributed by atoms with Gasteiger partial charge in [0.25, 0.3) is 0 Å². The van der Waals surface area contributed by atoms with E-state index in [0.717, 1.165) is 11.1 Å². The summed E-state index contributed by atoms with van der Waals surface area (Å²) in [6.45, 7) is 0. The summed E-state index contributed by atoms with van der Waals surface area (Å²) in [5.41, 5.74) is 4.90. The van der Waals surface area contributed by atoms with E-state index in [2.05, 4.69) is 36.4 Å². The van der Waals surface area contributed by atoms with Crippen molar-refractivity contribution in [2.24, 2.45) is 0 Å². The first-order valence-electron chi connectivity index (χ1n) is 6.22. The van der Waals surface area contributed by atoms with Crippen LogP contribution in [0.25, 0.3) is 0 Å². The van der Waals surface area contributed by atoms with Gasteiger partial charge >= 0.3 is 0 Å². The first-order valence-corrected chi connectivity index (χ1v) is 6.22. The lowest BCUT2D eigenvalue weighted by atomic mass is 9.95. The summed E-state index contributed by atoms with van der Waals surface area (Å²) in [6, 6.07) is 16.7. The third kappa shape index (κ3) is 1.23. The average Bonchev–Trinajstić information content (AvgIpc) is 3.18. The maximum absolute atomic E-state index is 10.5. The van der Waals surface area contributed by atoms with E-state index in [1.54, 1.807) is 0 Å². The van der Waals surface area contributed by atoms with Gasteiger partial charge in [-0.1, -0.05) is 48.5 Å². The topological polar surface area (TPSA) is 20.2 Å². The Labute approximate surface area is 101 Å². The lowest BCUT2D eigenvalue weighted by Gasteiger charge is -2.15. The minimum Gasteiger partial charge on any atom is -0.384 e. The Hall–Kier alpha value is -1.60. The molecular formula is C16H14O. The van der Waals surface area contributed by atoms with Crippen LogP contribution >= 0.6 is 0 Å². The van der Waals surface area contributed by atoms with Crippen LogP contribution in [-0.4, -0.2) is 5.11 Å². The molecule has 1 saturated carbocycles. The van der Waals surface area contributed by atoms with Crippen molar-refractivity contribution in [1.29, 1.82) is 0 Å². The largest absolute Gasteiger partial charge is 0.384 e. The predicted molar refractivity (Wildman–Crippen MR) is 67.0 cm³/mol. The molecule has 1 unspecified atom stereocenters. The Balaban J connectivity index is 1.99. The van der Waals surface area contributed by atoms with Gasteiger partial charge in [-0.05, 0) is 40.5 Å². The van der Waals surface area contributed by atoms with Crippen molar-refractivity contribution in [3.05, 3.63) is 70.8 Å². The molecule has 2 aliphatic carbocycles. The zero-order chi connectivity index (χ0) is 11.4. The summed E-state index contributed by atoms with van der Waals surface area (Å²) in [5, 5.41) is 10.5. The minimum absolute atomic E-state index is 0.449. The van der Waals surface area contributed by atoms with Crippen molar-refractivity contribution in [2.75, 3.05) is 0 Å². The number of rotatable bonds is 0. The highest BCUT2D eigenvalue weighted by Gasteiger charge is 2.45. The Morgan fingerprint density at radius 2 is 1.12 bits per heavy atom. The average molecular weight is 222 g/mol. The number of fused-ring (bicyclic) bond motifs is 5. The highest BCUT2D eigenvalue weighted by atomic mass is 16.3. The van der Waals surface area contributed by atoms with Crippen molar-refractivity contribution in [1.82, 2.24) is 0 Å². The second-order valence-corrected chi connectivity index (χ2v) is 5.11. The second kappa shape index (κ2) is 3.21. The van der Waals surface area contributed by atoms with E-state index in [-0.39, 0.29) is 0 Å². The monoisotopic (exact) mass is 222 g/mol. The molecule has 17 heavy (non-hydrogen) atoms. The fraction of sp³-hybridized carbons (Fsp3) is 0.250. The molecule has 1 fully saturated rings. The van der Waals surface area contributed by atoms with Crippen LogP contribution in [0.15, 0.2) is 48.5 Å². The van der Waals surface area contributed by atoms with Gasteiger partial charge < -0.3 is 5.11 Å². The van der Waals surface area contributed by atoms with Crippen LogP contribution in [0.2, 0.25) is 0 Å². The van der Waals surface area contributed by atoms with Crippen LogP contribution in [0.5, 0.6) is 0 Å². The molecule has 0 radical (unpaired) electrons. The molecule has 0 aliphatic heterocycles. The van der Waals surface area contributed by atoms with Gasteiger partial charge in [0.15, 0.2) is 0 Å². The van der Waals surface area contributed by atoms with Gasteiger partial charge in [-0.3, -0.25) is 0 Å². The van der Waals surface area contributed by atoms with Gasteiger partial charge in [0.05, 0.1) is 0 Å². The molecule has 0 aromatic heterocycles. The molecule has 1 nitrogen and oxygen atoms in total.